The molecule has 0 rings (SSSR count). The summed E-state index contributed by atoms with van der Waals surface area (Å²) >= 11 is 0. The van der Waals surface area contributed by atoms with Crippen LogP contribution in [0.5, 0.6) is 0 Å². The zero-order valence-corrected chi connectivity index (χ0v) is 7.07. The van der Waals surface area contributed by atoms with Crippen LogP contribution in [0, 0.1) is 0 Å². The van der Waals surface area contributed by atoms with Gasteiger partial charge < -0.3 is 9.87 Å². The molecule has 0 aliphatic rings. The third-order valence-electron chi connectivity index (χ3n) is 0.821. The van der Waals surface area contributed by atoms with E-state index < -0.39 is 10.1 Å². The molecule has 0 aromatic heterocycles. The second kappa shape index (κ2) is 6.20. The van der Waals surface area contributed by atoms with E-state index in [1.54, 1.807) is 7.05 Å². The van der Waals surface area contributed by atoms with Crippen LogP contribution in [-0.4, -0.2) is 32.3 Å². The Balaban J connectivity index is 0. The van der Waals surface area contributed by atoms with Gasteiger partial charge in [0.25, 0.3) is 0 Å². The van der Waals surface area contributed by atoms with Crippen LogP contribution in [0.4, 0.5) is 0 Å². The Bertz CT molecular complexity index is 156. The fraction of sp³-hybridized carbons (Fsp3) is 1.00. The van der Waals surface area contributed by atoms with E-state index in [1.165, 1.54) is 0 Å². The first-order valence-electron chi connectivity index (χ1n) is 2.64. The molecule has 0 saturated carbocycles. The van der Waals surface area contributed by atoms with E-state index in [2.05, 4.69) is 5.32 Å². The number of hydrogen-bond donors (Lipinski definition) is 1. The van der Waals surface area contributed by atoms with Crippen molar-refractivity contribution in [3.8, 4) is 0 Å². The molecule has 0 amide bonds. The summed E-state index contributed by atoms with van der Waals surface area (Å²) in [6, 6.07) is 0. The van der Waals surface area contributed by atoms with Gasteiger partial charge in [0.05, 0.1) is 10.1 Å². The van der Waals surface area contributed by atoms with Gasteiger partial charge in [-0.25, -0.2) is 8.42 Å². The van der Waals surface area contributed by atoms with E-state index in [4.69, 9.17) is 0 Å². The molecule has 0 aromatic rings. The summed E-state index contributed by atoms with van der Waals surface area (Å²) in [6.07, 6.45) is 0.391. The second-order valence-corrected chi connectivity index (χ2v) is 3.24. The first-order valence-corrected chi connectivity index (χ1v) is 4.22. The minimum absolute atomic E-state index is 0. The standard InChI is InChI=1S/C4H11NO3S.Li/c1-5-3-2-4-9(6,7)8;/h5H,2-4H2,1H3,(H,6,7,8);/q;+1/p-1. The van der Waals surface area contributed by atoms with Crippen LogP contribution in [0.25, 0.3) is 0 Å². The Hall–Kier alpha value is 0.467. The fourth-order valence-electron chi connectivity index (χ4n) is 0.426. The normalized spacial score (nSPS) is 10.6. The van der Waals surface area contributed by atoms with E-state index in [0.29, 0.717) is 13.0 Å². The van der Waals surface area contributed by atoms with Gasteiger partial charge in [-0.15, -0.1) is 0 Å². The molecule has 0 heterocycles. The van der Waals surface area contributed by atoms with Crippen molar-refractivity contribution in [2.45, 2.75) is 6.42 Å². The van der Waals surface area contributed by atoms with Crippen LogP contribution < -0.4 is 24.2 Å². The van der Waals surface area contributed by atoms with Crippen LogP contribution in [0.1, 0.15) is 6.42 Å². The monoisotopic (exact) mass is 159 g/mol. The zero-order chi connectivity index (χ0) is 7.33. The molecule has 56 valence electrons. The van der Waals surface area contributed by atoms with Crippen molar-refractivity contribution in [3.63, 3.8) is 0 Å². The van der Waals surface area contributed by atoms with Crippen LogP contribution in [-0.2, 0) is 10.1 Å². The Kier molecular flexibility index (Phi) is 8.11. The molecule has 1 N–H and O–H groups in total. The fourth-order valence-corrected chi connectivity index (χ4v) is 0.924. The van der Waals surface area contributed by atoms with Gasteiger partial charge in [0.15, 0.2) is 0 Å². The Morgan fingerprint density at radius 1 is 1.50 bits per heavy atom. The van der Waals surface area contributed by atoms with Gasteiger partial charge in [0.2, 0.25) is 0 Å². The molecule has 0 spiro atoms. The predicted molar refractivity (Wildman–Crippen MR) is 33.1 cm³/mol. The van der Waals surface area contributed by atoms with E-state index in [1.807, 2.05) is 0 Å². The molecule has 0 radical (unpaired) electrons. The second-order valence-electron chi connectivity index (χ2n) is 1.72. The van der Waals surface area contributed by atoms with Crippen molar-refractivity contribution >= 4 is 10.1 Å². The minimum Gasteiger partial charge on any atom is -0.748 e. The third kappa shape index (κ3) is 11.3. The van der Waals surface area contributed by atoms with Gasteiger partial charge in [-0.3, -0.25) is 0 Å². The largest absolute Gasteiger partial charge is 1.00 e. The first kappa shape index (κ1) is 13.1. The molecular formula is C4H10LiNO3S. The topological polar surface area (TPSA) is 69.2 Å². The molecule has 6 heteroatoms. The van der Waals surface area contributed by atoms with Gasteiger partial charge in [-0.05, 0) is 20.0 Å². The minimum atomic E-state index is -3.99. The van der Waals surface area contributed by atoms with E-state index >= 15 is 0 Å². The molecule has 0 fully saturated rings. The van der Waals surface area contributed by atoms with Crippen LogP contribution in [0.15, 0.2) is 0 Å². The smallest absolute Gasteiger partial charge is 0.748 e. The van der Waals surface area contributed by atoms with Crippen molar-refractivity contribution in [2.24, 2.45) is 0 Å². The van der Waals surface area contributed by atoms with Crippen molar-refractivity contribution in [3.05, 3.63) is 0 Å². The quantitative estimate of drug-likeness (QED) is 0.259. The number of nitrogens with one attached hydrogen (secondary N) is 1. The summed E-state index contributed by atoms with van der Waals surface area (Å²) < 4.78 is 29.8. The van der Waals surface area contributed by atoms with Crippen molar-refractivity contribution in [2.75, 3.05) is 19.3 Å². The van der Waals surface area contributed by atoms with Gasteiger partial charge in [0, 0.05) is 5.75 Å². The molecular weight excluding hydrogens is 149 g/mol. The average molecular weight is 159 g/mol. The maximum atomic E-state index is 9.92. The van der Waals surface area contributed by atoms with Gasteiger partial charge >= 0.3 is 18.9 Å². The summed E-state index contributed by atoms with van der Waals surface area (Å²) in [7, 11) is -2.28. The molecule has 10 heavy (non-hydrogen) atoms. The summed E-state index contributed by atoms with van der Waals surface area (Å²) in [5.41, 5.74) is 0. The number of hydrogen-bond acceptors (Lipinski definition) is 4. The SMILES string of the molecule is CNCCCS(=O)(=O)[O-].[Li+]. The van der Waals surface area contributed by atoms with Crippen molar-refractivity contribution in [1.29, 1.82) is 0 Å². The van der Waals surface area contributed by atoms with Crippen molar-refractivity contribution < 1.29 is 31.8 Å². The molecule has 0 atom stereocenters. The van der Waals surface area contributed by atoms with Crippen LogP contribution >= 0.6 is 0 Å². The predicted octanol–water partition coefficient (Wildman–Crippen LogP) is -3.85. The summed E-state index contributed by atoms with van der Waals surface area (Å²) in [5, 5.41) is 2.74. The van der Waals surface area contributed by atoms with E-state index in [9.17, 15) is 13.0 Å². The van der Waals surface area contributed by atoms with Gasteiger partial charge in [-0.1, -0.05) is 0 Å². The van der Waals surface area contributed by atoms with Gasteiger partial charge in [-0.2, -0.15) is 0 Å². The zero-order valence-electron chi connectivity index (χ0n) is 6.25. The van der Waals surface area contributed by atoms with Crippen molar-refractivity contribution in [1.82, 2.24) is 5.32 Å². The van der Waals surface area contributed by atoms with Gasteiger partial charge in [0.1, 0.15) is 0 Å². The Labute approximate surface area is 73.3 Å². The molecule has 0 bridgehead atoms. The number of rotatable bonds is 4. The summed E-state index contributed by atoms with van der Waals surface area (Å²) in [4.78, 5) is 0. The van der Waals surface area contributed by atoms with Crippen LogP contribution in [0.2, 0.25) is 0 Å². The molecule has 0 aliphatic heterocycles. The van der Waals surface area contributed by atoms with E-state index in [0.717, 1.165) is 0 Å². The first-order chi connectivity index (χ1) is 4.06. The van der Waals surface area contributed by atoms with Crippen LogP contribution in [0.3, 0.4) is 0 Å². The maximum absolute atomic E-state index is 9.92. The summed E-state index contributed by atoms with van der Waals surface area (Å²) in [5.74, 6) is -0.270. The molecule has 4 nitrogen and oxygen atoms in total. The average Bonchev–Trinajstić information content (AvgIpc) is 1.63. The molecule has 0 aromatic carbocycles. The molecule has 0 unspecified atom stereocenters. The third-order valence-corrected chi connectivity index (χ3v) is 1.61. The molecule has 0 saturated heterocycles. The maximum Gasteiger partial charge on any atom is 1.00 e. The van der Waals surface area contributed by atoms with E-state index in [-0.39, 0.29) is 24.6 Å². The summed E-state index contributed by atoms with van der Waals surface area (Å²) in [6.45, 7) is 0.571. The molecule has 0 aliphatic carbocycles. The Morgan fingerprint density at radius 2 is 2.00 bits per heavy atom. The Morgan fingerprint density at radius 3 is 2.30 bits per heavy atom.